The molecule has 0 fully saturated rings. The molecule has 0 aliphatic heterocycles. The molecule has 2 atom stereocenters. The van der Waals surface area contributed by atoms with E-state index < -0.39 is 42.1 Å². The zero-order valence-corrected chi connectivity index (χ0v) is 23.3. The second-order valence-electron chi connectivity index (χ2n) is 8.95. The monoisotopic (exact) mass is 571 g/mol. The third kappa shape index (κ3) is 11.3. The predicted molar refractivity (Wildman–Crippen MR) is 147 cm³/mol. The Morgan fingerprint density at radius 3 is 1.78 bits per heavy atom. The molecule has 2 aromatic rings. The van der Waals surface area contributed by atoms with Crippen molar-refractivity contribution in [3.8, 4) is 0 Å². The lowest BCUT2D eigenvalue weighted by Crippen LogP contribution is -2.55. The number of imide groups is 1. The molecule has 0 aliphatic rings. The minimum Gasteiger partial charge on any atom is -0.469 e. The SMILES string of the molecule is COC(=O)CC[C@H](NC(=O)[C@@H](CCCCN)N(C(=O)OCc1ccccc1)C(=O)OCc1ccccc1)C(=O)OC. The number of carbonyl (C=O) groups is 5. The van der Waals surface area contributed by atoms with E-state index in [0.717, 1.165) is 7.11 Å². The van der Waals surface area contributed by atoms with E-state index in [1.807, 2.05) is 0 Å². The number of methoxy groups -OCH3 is 2. The summed E-state index contributed by atoms with van der Waals surface area (Å²) in [7, 11) is 2.33. The van der Waals surface area contributed by atoms with E-state index in [-0.39, 0.29) is 32.5 Å². The van der Waals surface area contributed by atoms with Crippen LogP contribution < -0.4 is 11.1 Å². The van der Waals surface area contributed by atoms with Gasteiger partial charge in [0.1, 0.15) is 25.3 Å². The van der Waals surface area contributed by atoms with Crippen LogP contribution in [0.5, 0.6) is 0 Å². The van der Waals surface area contributed by atoms with E-state index >= 15 is 0 Å². The summed E-state index contributed by atoms with van der Waals surface area (Å²) >= 11 is 0. The fourth-order valence-corrected chi connectivity index (χ4v) is 3.79. The fraction of sp³-hybridized carbons (Fsp3) is 0.414. The molecule has 0 unspecified atom stereocenters. The van der Waals surface area contributed by atoms with Gasteiger partial charge in [0, 0.05) is 6.42 Å². The Bertz CT molecular complexity index is 1070. The first-order chi connectivity index (χ1) is 19.8. The number of nitrogens with one attached hydrogen (secondary N) is 1. The number of nitrogens with zero attached hydrogens (tertiary/aromatic N) is 1. The Morgan fingerprint density at radius 1 is 0.780 bits per heavy atom. The quantitative estimate of drug-likeness (QED) is 0.184. The predicted octanol–water partition coefficient (Wildman–Crippen LogP) is 3.07. The van der Waals surface area contributed by atoms with E-state index in [2.05, 4.69) is 10.1 Å². The Kier molecular flexibility index (Phi) is 14.4. The summed E-state index contributed by atoms with van der Waals surface area (Å²) in [6.45, 7) is -0.0124. The topological polar surface area (TPSA) is 164 Å². The van der Waals surface area contributed by atoms with Crippen molar-refractivity contribution in [2.24, 2.45) is 5.73 Å². The van der Waals surface area contributed by atoms with Gasteiger partial charge in [-0.2, -0.15) is 4.90 Å². The van der Waals surface area contributed by atoms with Crippen molar-refractivity contribution < 1.29 is 42.9 Å². The van der Waals surface area contributed by atoms with Gasteiger partial charge in [-0.25, -0.2) is 14.4 Å². The van der Waals surface area contributed by atoms with Crippen LogP contribution in [0.1, 0.15) is 43.2 Å². The second-order valence-corrected chi connectivity index (χ2v) is 8.95. The van der Waals surface area contributed by atoms with Gasteiger partial charge in [-0.15, -0.1) is 0 Å². The van der Waals surface area contributed by atoms with Gasteiger partial charge in [0.05, 0.1) is 14.2 Å². The number of amides is 3. The van der Waals surface area contributed by atoms with E-state index in [9.17, 15) is 24.0 Å². The average molecular weight is 572 g/mol. The van der Waals surface area contributed by atoms with Crippen molar-refractivity contribution in [1.82, 2.24) is 10.2 Å². The number of hydrogen-bond donors (Lipinski definition) is 2. The van der Waals surface area contributed by atoms with Gasteiger partial charge in [-0.05, 0) is 43.4 Å². The van der Waals surface area contributed by atoms with Crippen molar-refractivity contribution in [2.75, 3.05) is 20.8 Å². The van der Waals surface area contributed by atoms with Gasteiger partial charge >= 0.3 is 24.1 Å². The lowest BCUT2D eigenvalue weighted by atomic mass is 10.1. The number of rotatable bonds is 15. The van der Waals surface area contributed by atoms with Crippen LogP contribution in [-0.4, -0.2) is 67.8 Å². The Morgan fingerprint density at radius 2 is 1.32 bits per heavy atom. The van der Waals surface area contributed by atoms with E-state index in [1.54, 1.807) is 60.7 Å². The molecule has 3 N–H and O–H groups in total. The molecule has 0 bridgehead atoms. The molecule has 0 saturated carbocycles. The van der Waals surface area contributed by atoms with Crippen LogP contribution in [0.4, 0.5) is 9.59 Å². The number of esters is 2. The Hall–Kier alpha value is -4.45. The molecule has 2 aromatic carbocycles. The number of unbranched alkanes of at least 4 members (excludes halogenated alkanes) is 1. The summed E-state index contributed by atoms with van der Waals surface area (Å²) in [5.74, 6) is -2.24. The molecule has 0 heterocycles. The van der Waals surface area contributed by atoms with Crippen molar-refractivity contribution in [3.63, 3.8) is 0 Å². The van der Waals surface area contributed by atoms with Crippen molar-refractivity contribution in [1.29, 1.82) is 0 Å². The van der Waals surface area contributed by atoms with Crippen molar-refractivity contribution in [2.45, 2.75) is 57.4 Å². The maximum Gasteiger partial charge on any atom is 0.420 e. The van der Waals surface area contributed by atoms with Gasteiger partial charge < -0.3 is 30.0 Å². The van der Waals surface area contributed by atoms with Gasteiger partial charge in [0.15, 0.2) is 0 Å². The molecule has 12 heteroatoms. The van der Waals surface area contributed by atoms with Crippen molar-refractivity contribution >= 4 is 30.0 Å². The molecule has 0 spiro atoms. The largest absolute Gasteiger partial charge is 0.469 e. The molecule has 2 rings (SSSR count). The molecule has 0 saturated heterocycles. The summed E-state index contributed by atoms with van der Waals surface area (Å²) in [6.07, 6.45) is -1.65. The minimum atomic E-state index is -1.42. The first-order valence-electron chi connectivity index (χ1n) is 13.2. The van der Waals surface area contributed by atoms with Gasteiger partial charge in [-0.1, -0.05) is 60.7 Å². The molecular weight excluding hydrogens is 534 g/mol. The highest BCUT2D eigenvalue weighted by Gasteiger charge is 2.38. The Labute approximate surface area is 239 Å². The molecule has 12 nitrogen and oxygen atoms in total. The number of nitrogens with two attached hydrogens (primary N) is 1. The molecule has 41 heavy (non-hydrogen) atoms. The summed E-state index contributed by atoms with van der Waals surface area (Å²) in [6, 6.07) is 14.9. The molecule has 3 amide bonds. The highest BCUT2D eigenvalue weighted by molar-refractivity contribution is 5.96. The van der Waals surface area contributed by atoms with E-state index in [1.165, 1.54) is 7.11 Å². The van der Waals surface area contributed by atoms with Crippen LogP contribution in [0.25, 0.3) is 0 Å². The maximum atomic E-state index is 13.6. The lowest BCUT2D eigenvalue weighted by molar-refractivity contribution is -0.147. The standard InChI is InChI=1S/C29H37N3O9/c1-38-25(33)17-16-23(27(35)39-2)31-26(34)24(15-9-10-18-30)32(28(36)40-19-21-11-5-3-6-12-21)29(37)41-20-22-13-7-4-8-14-22/h3-8,11-14,23-24H,9-10,15-20,30H2,1-2H3,(H,31,34)/t23-,24+/m0/s1. The maximum absolute atomic E-state index is 13.6. The van der Waals surface area contributed by atoms with Crippen molar-refractivity contribution in [3.05, 3.63) is 71.8 Å². The molecule has 0 radical (unpaired) electrons. The van der Waals surface area contributed by atoms with E-state index in [0.29, 0.717) is 35.4 Å². The zero-order chi connectivity index (χ0) is 30.0. The first kappa shape index (κ1) is 32.8. The van der Waals surface area contributed by atoms with Crippen LogP contribution in [0, 0.1) is 0 Å². The molecule has 0 aliphatic carbocycles. The number of hydrogen-bond acceptors (Lipinski definition) is 10. The second kappa shape index (κ2) is 18.0. The summed E-state index contributed by atoms with van der Waals surface area (Å²) < 4.78 is 20.2. The van der Waals surface area contributed by atoms with Crippen LogP contribution in [-0.2, 0) is 46.5 Å². The van der Waals surface area contributed by atoms with Gasteiger partial charge in [-0.3, -0.25) is 9.59 Å². The summed E-state index contributed by atoms with van der Waals surface area (Å²) in [4.78, 5) is 64.8. The van der Waals surface area contributed by atoms with Crippen LogP contribution >= 0.6 is 0 Å². The molecular formula is C29H37N3O9. The third-order valence-corrected chi connectivity index (χ3v) is 6.02. The fourth-order valence-electron chi connectivity index (χ4n) is 3.79. The highest BCUT2D eigenvalue weighted by Crippen LogP contribution is 2.17. The molecule has 222 valence electrons. The normalized spacial score (nSPS) is 11.9. The van der Waals surface area contributed by atoms with Gasteiger partial charge in [0.2, 0.25) is 5.91 Å². The first-order valence-corrected chi connectivity index (χ1v) is 13.2. The minimum absolute atomic E-state index is 0.00873. The Balaban J connectivity index is 2.33. The van der Waals surface area contributed by atoms with Gasteiger partial charge in [0.25, 0.3) is 0 Å². The smallest absolute Gasteiger partial charge is 0.420 e. The van der Waals surface area contributed by atoms with E-state index in [4.69, 9.17) is 19.9 Å². The number of ether oxygens (including phenoxy) is 4. The van der Waals surface area contributed by atoms with Crippen LogP contribution in [0.2, 0.25) is 0 Å². The number of benzene rings is 2. The number of carbonyl (C=O) groups excluding carboxylic acids is 5. The summed E-state index contributed by atoms with van der Waals surface area (Å²) in [5.41, 5.74) is 6.95. The summed E-state index contributed by atoms with van der Waals surface area (Å²) in [5, 5.41) is 2.50. The van der Waals surface area contributed by atoms with Crippen LogP contribution in [0.15, 0.2) is 60.7 Å². The highest BCUT2D eigenvalue weighted by atomic mass is 16.6. The lowest BCUT2D eigenvalue weighted by Gasteiger charge is -2.29. The third-order valence-electron chi connectivity index (χ3n) is 6.02. The van der Waals surface area contributed by atoms with Crippen LogP contribution in [0.3, 0.4) is 0 Å². The average Bonchev–Trinajstić information content (AvgIpc) is 3.00. The molecule has 0 aromatic heterocycles. The zero-order valence-electron chi connectivity index (χ0n) is 23.3.